The molecule has 0 aromatic heterocycles. The van der Waals surface area contributed by atoms with Crippen molar-refractivity contribution in [1.82, 2.24) is 20.9 Å². The van der Waals surface area contributed by atoms with Crippen LogP contribution >= 0.6 is 0 Å². The quantitative estimate of drug-likeness (QED) is 0.0259. The maximum absolute atomic E-state index is 13.7. The van der Waals surface area contributed by atoms with Gasteiger partial charge in [0.25, 0.3) is 0 Å². The molecule has 6 aliphatic rings. The average molecular weight is 1390 g/mol. The van der Waals surface area contributed by atoms with Crippen molar-refractivity contribution < 1.29 is 178 Å². The van der Waals surface area contributed by atoms with Crippen LogP contribution in [0.15, 0.2) is 0 Å². The number of Topliss-reactive ketones (excluding diaryl/α,β-unsaturated/α-hetero) is 1. The molecule has 0 aromatic carbocycles. The number of carbonyl (C=O) groups is 4. The Bertz CT molecular complexity index is 2160. The second-order valence-corrected chi connectivity index (χ2v) is 23.7. The molecule has 0 spiro atoms. The summed E-state index contributed by atoms with van der Waals surface area (Å²) in [6.45, 7) is -5.41. The van der Waals surface area contributed by atoms with Gasteiger partial charge in [-0.1, -0.05) is 6.42 Å². The monoisotopic (exact) mass is 1390 g/mol. The lowest BCUT2D eigenvalue weighted by molar-refractivity contribution is -0.366. The Balaban J connectivity index is 1.08. The molecule has 0 bridgehead atoms. The van der Waals surface area contributed by atoms with Crippen LogP contribution in [0.3, 0.4) is 0 Å². The van der Waals surface area contributed by atoms with Gasteiger partial charge in [0.05, 0.1) is 72.5 Å². The third kappa shape index (κ3) is 21.9. The summed E-state index contributed by atoms with van der Waals surface area (Å²) in [6, 6.07) is 0. The molecule has 0 aliphatic carbocycles. The third-order valence-electron chi connectivity index (χ3n) is 16.6. The highest BCUT2D eigenvalue weighted by Gasteiger charge is 2.55. The Morgan fingerprint density at radius 2 is 0.716 bits per heavy atom. The zero-order valence-electron chi connectivity index (χ0n) is 51.9. The first-order valence-corrected chi connectivity index (χ1v) is 31.3. The van der Waals surface area contributed by atoms with Crippen LogP contribution in [0.5, 0.6) is 0 Å². The largest absolute Gasteiger partial charge is 0.394 e. The summed E-state index contributed by atoms with van der Waals surface area (Å²) in [4.78, 5) is 53.6. The molecule has 0 radical (unpaired) electrons. The van der Waals surface area contributed by atoms with Crippen LogP contribution in [0.25, 0.3) is 0 Å². The number of carbonyl (C=O) groups excluding carboxylic acids is 4. The molecular weight excluding hydrogens is 1290 g/mol. The minimum Gasteiger partial charge on any atom is -0.394 e. The van der Waals surface area contributed by atoms with E-state index in [0.29, 0.717) is 25.8 Å². The minimum atomic E-state index is -2.02. The number of rotatable bonds is 36. The van der Waals surface area contributed by atoms with E-state index in [9.17, 15) is 121 Å². The maximum Gasteiger partial charge on any atom is 0.234 e. The van der Waals surface area contributed by atoms with Crippen molar-refractivity contribution in [2.24, 2.45) is 0 Å². The number of aliphatic hydroxyl groups is 20. The molecule has 30 atom stereocenters. The Kier molecular flexibility index (Phi) is 33.2. The van der Waals surface area contributed by atoms with Gasteiger partial charge in [-0.25, -0.2) is 0 Å². The maximum atomic E-state index is 13.7. The third-order valence-corrected chi connectivity index (χ3v) is 16.6. The molecule has 552 valence electrons. The molecule has 6 heterocycles. The SMILES string of the molecule is CCNC(=O)CCCCCNC(=O)CN(CC(=O)CCCO[C@H]1O[C@H](CO[C@H]2O[C@H](CO)[C@@H](O)[C@H](O)[C@@H]2O)[C@@H](O)[C@H](O[C@H]2O[C@H](CO)[C@@H](O)[C@H](O)[C@@H]2O)[C@@H]1O)CC(=O)NCCO[C@H]1O[C@H](CO[C@H]2O[C@H](CO)[C@@H](O)[C@H](O)[C@@H]2O)[C@@H](O)[C@H](O[C@H]2O[C@H](CO)[C@@H](O)[C@H](O)[C@@H]2O)[C@@H]1O. The van der Waals surface area contributed by atoms with Crippen LogP contribution in [-0.2, 0) is 76.0 Å². The molecule has 0 saturated carbocycles. The molecule has 40 heteroatoms. The molecule has 0 unspecified atom stereocenters. The standard InChI is InChI=1S/C55H96N4O36/c1-2-56-29(65)8-4-3-5-9-57-30(66)14-59(13-22(64)7-6-11-84-52-46(82)48(94-54-44(80)40(76)34(70)25(18-62)90-54)36(72)27(92-52)20-86-50-42(78)38(74)32(68)23(16-60)88-50)15-31(67)58-10-12-85-53-47(83)49(95-55-45(81)41(77)35(71)26(19-63)91-55)37(73)28(93-53)21-87-51-43(79)39(75)33(69)24(17-61)89-51/h23-28,32-55,60-63,68-83H,2-21H2,1H3,(H,56,65)(H,57,66)(H,58,67)/t23-,24-,25-,26-,27-,28-,32-,33-,34-,35-,36-,37-,38+,39+,40+,41+,42+,43+,44+,45+,46+,47+,48+,49+,50+,51+,52+,53+,54-,55-/m1/s1. The fourth-order valence-electron chi connectivity index (χ4n) is 11.1. The van der Waals surface area contributed by atoms with Gasteiger partial charge >= 0.3 is 0 Å². The number of ether oxygens (including phenoxy) is 12. The molecule has 6 saturated heterocycles. The lowest BCUT2D eigenvalue weighted by Crippen LogP contribution is -2.65. The average Bonchev–Trinajstić information content (AvgIpc) is 0.978. The highest BCUT2D eigenvalue weighted by Crippen LogP contribution is 2.34. The molecule has 3 amide bonds. The van der Waals surface area contributed by atoms with E-state index in [0.717, 1.165) is 0 Å². The summed E-state index contributed by atoms with van der Waals surface area (Å²) >= 11 is 0. The van der Waals surface area contributed by atoms with Crippen LogP contribution in [0.2, 0.25) is 0 Å². The Labute approximate surface area is 543 Å². The first kappa shape index (κ1) is 80.7. The fourth-order valence-corrected chi connectivity index (χ4v) is 11.1. The van der Waals surface area contributed by atoms with Gasteiger partial charge in [0.2, 0.25) is 17.7 Å². The number of unbranched alkanes of at least 4 members (excludes halogenated alkanes) is 2. The van der Waals surface area contributed by atoms with E-state index in [-0.39, 0.29) is 38.3 Å². The summed E-state index contributed by atoms with van der Waals surface area (Å²) in [6.07, 6.45) is -52.8. The number of ketones is 1. The fraction of sp³-hybridized carbons (Fsp3) is 0.927. The smallest absolute Gasteiger partial charge is 0.234 e. The number of amides is 3. The molecule has 95 heavy (non-hydrogen) atoms. The highest BCUT2D eigenvalue weighted by molar-refractivity contribution is 5.85. The van der Waals surface area contributed by atoms with Crippen molar-refractivity contribution >= 4 is 23.5 Å². The Morgan fingerprint density at radius 3 is 1.13 bits per heavy atom. The summed E-state index contributed by atoms with van der Waals surface area (Å²) in [7, 11) is 0. The molecular formula is C55H96N4O36. The van der Waals surface area contributed by atoms with Crippen LogP contribution in [-0.4, -0.2) is 407 Å². The van der Waals surface area contributed by atoms with E-state index >= 15 is 0 Å². The van der Waals surface area contributed by atoms with Gasteiger partial charge < -0.3 is 175 Å². The molecule has 0 aromatic rings. The van der Waals surface area contributed by atoms with Crippen LogP contribution < -0.4 is 16.0 Å². The zero-order chi connectivity index (χ0) is 70.0. The van der Waals surface area contributed by atoms with Gasteiger partial charge in [0.15, 0.2) is 37.7 Å². The van der Waals surface area contributed by atoms with Crippen LogP contribution in [0, 0.1) is 0 Å². The summed E-state index contributed by atoms with van der Waals surface area (Å²) in [5, 5.41) is 218. The van der Waals surface area contributed by atoms with Crippen LogP contribution in [0.1, 0.15) is 45.4 Å². The first-order valence-electron chi connectivity index (χ1n) is 31.3. The van der Waals surface area contributed by atoms with Crippen molar-refractivity contribution in [3.05, 3.63) is 0 Å². The van der Waals surface area contributed by atoms with E-state index in [1.165, 1.54) is 4.90 Å². The van der Waals surface area contributed by atoms with Gasteiger partial charge in [0, 0.05) is 32.5 Å². The van der Waals surface area contributed by atoms with Gasteiger partial charge in [-0.15, -0.1) is 0 Å². The summed E-state index contributed by atoms with van der Waals surface area (Å²) < 4.78 is 67.3. The zero-order valence-corrected chi connectivity index (χ0v) is 51.9. The van der Waals surface area contributed by atoms with Crippen molar-refractivity contribution in [3.8, 4) is 0 Å². The van der Waals surface area contributed by atoms with Crippen molar-refractivity contribution in [3.63, 3.8) is 0 Å². The molecule has 6 rings (SSSR count). The minimum absolute atomic E-state index is 0.131. The van der Waals surface area contributed by atoms with Crippen molar-refractivity contribution in [2.75, 3.05) is 92.1 Å². The number of nitrogens with zero attached hydrogens (tertiary/aromatic N) is 1. The van der Waals surface area contributed by atoms with E-state index in [4.69, 9.17) is 56.8 Å². The van der Waals surface area contributed by atoms with Gasteiger partial charge in [-0.05, 0) is 26.2 Å². The topological polar surface area (TPSA) is 623 Å². The Morgan fingerprint density at radius 1 is 0.347 bits per heavy atom. The van der Waals surface area contributed by atoms with Gasteiger partial charge in [0.1, 0.15) is 152 Å². The van der Waals surface area contributed by atoms with E-state index in [1.54, 1.807) is 6.92 Å². The predicted octanol–water partition coefficient (Wildman–Crippen LogP) is -14.5. The molecule has 6 fully saturated rings. The second-order valence-electron chi connectivity index (χ2n) is 23.7. The van der Waals surface area contributed by atoms with Crippen molar-refractivity contribution in [2.45, 2.75) is 230 Å². The second kappa shape index (κ2) is 39.1. The van der Waals surface area contributed by atoms with E-state index in [2.05, 4.69) is 16.0 Å². The van der Waals surface area contributed by atoms with Crippen molar-refractivity contribution in [1.29, 1.82) is 0 Å². The number of hydrogen-bond acceptors (Lipinski definition) is 37. The number of aliphatic hydroxyl groups excluding tert-OH is 20. The van der Waals surface area contributed by atoms with E-state index in [1.807, 2.05) is 0 Å². The lowest BCUT2D eigenvalue weighted by atomic mass is 9.96. The number of nitrogens with one attached hydrogen (secondary N) is 3. The number of hydrogen-bond donors (Lipinski definition) is 23. The van der Waals surface area contributed by atoms with Crippen LogP contribution in [0.4, 0.5) is 0 Å². The first-order chi connectivity index (χ1) is 45.2. The molecule has 23 N–H and O–H groups in total. The highest BCUT2D eigenvalue weighted by atomic mass is 16.8. The lowest BCUT2D eigenvalue weighted by Gasteiger charge is -2.46. The molecule has 6 aliphatic heterocycles. The van der Waals surface area contributed by atoms with Gasteiger partial charge in [-0.2, -0.15) is 0 Å². The molecule has 40 nitrogen and oxygen atoms in total. The predicted molar refractivity (Wildman–Crippen MR) is 304 cm³/mol. The van der Waals surface area contributed by atoms with Gasteiger partial charge in [-0.3, -0.25) is 24.1 Å². The normalized spacial score (nSPS) is 40.9. The Hall–Kier alpha value is -3.24. The van der Waals surface area contributed by atoms with E-state index < -0.39 is 274 Å². The summed E-state index contributed by atoms with van der Waals surface area (Å²) in [5.41, 5.74) is 0. The summed E-state index contributed by atoms with van der Waals surface area (Å²) in [5.74, 6) is -2.08.